The van der Waals surface area contributed by atoms with Crippen molar-refractivity contribution in [3.05, 3.63) is 70.2 Å². The normalized spacial score (nSPS) is 11.8. The van der Waals surface area contributed by atoms with Gasteiger partial charge in [0.15, 0.2) is 0 Å². The van der Waals surface area contributed by atoms with Crippen molar-refractivity contribution in [1.82, 2.24) is 5.32 Å². The van der Waals surface area contributed by atoms with Gasteiger partial charge in [0, 0.05) is 11.6 Å². The van der Waals surface area contributed by atoms with E-state index in [0.29, 0.717) is 11.4 Å². The molecule has 0 aromatic heterocycles. The van der Waals surface area contributed by atoms with E-state index in [1.54, 1.807) is 18.2 Å². The quantitative estimate of drug-likeness (QED) is 0.809. The van der Waals surface area contributed by atoms with Crippen molar-refractivity contribution in [1.29, 1.82) is 0 Å². The molecule has 1 amide bonds. The highest BCUT2D eigenvalue weighted by atomic mass is 35.5. The second-order valence-corrected chi connectivity index (χ2v) is 6.28. The van der Waals surface area contributed by atoms with Gasteiger partial charge >= 0.3 is 5.97 Å². The van der Waals surface area contributed by atoms with Gasteiger partial charge in [-0.3, -0.25) is 9.59 Å². The molecule has 0 spiro atoms. The van der Waals surface area contributed by atoms with Crippen LogP contribution in [0.25, 0.3) is 0 Å². The fourth-order valence-electron chi connectivity index (χ4n) is 2.50. The SMILES string of the molecule is Cc1cccc(CC(CNC(=O)Cc2cccc(Cl)c2)C(=O)O)c1. The molecule has 1 unspecified atom stereocenters. The van der Waals surface area contributed by atoms with Crippen LogP contribution in [0.3, 0.4) is 0 Å². The van der Waals surface area contributed by atoms with Gasteiger partial charge in [0.05, 0.1) is 12.3 Å². The lowest BCUT2D eigenvalue weighted by Gasteiger charge is -2.14. The van der Waals surface area contributed by atoms with E-state index < -0.39 is 11.9 Å². The number of nitrogens with one attached hydrogen (secondary N) is 1. The number of aryl methyl sites for hydroxylation is 1. The molecule has 0 saturated heterocycles. The van der Waals surface area contributed by atoms with E-state index in [-0.39, 0.29) is 18.9 Å². The van der Waals surface area contributed by atoms with Crippen molar-refractivity contribution in [2.24, 2.45) is 5.92 Å². The minimum absolute atomic E-state index is 0.0999. The molecule has 0 saturated carbocycles. The highest BCUT2D eigenvalue weighted by Crippen LogP contribution is 2.12. The standard InChI is InChI=1S/C19H20ClNO3/c1-13-4-2-5-14(8-13)9-16(19(23)24)12-21-18(22)11-15-6-3-7-17(20)10-15/h2-8,10,16H,9,11-12H2,1H3,(H,21,22)(H,23,24). The number of carbonyl (C=O) groups is 2. The summed E-state index contributed by atoms with van der Waals surface area (Å²) in [5, 5.41) is 12.7. The van der Waals surface area contributed by atoms with E-state index in [1.807, 2.05) is 37.3 Å². The number of carboxylic acids is 1. The summed E-state index contributed by atoms with van der Waals surface area (Å²) in [6, 6.07) is 14.8. The van der Waals surface area contributed by atoms with Crippen LogP contribution in [0, 0.1) is 12.8 Å². The molecule has 0 fully saturated rings. The maximum atomic E-state index is 12.0. The zero-order chi connectivity index (χ0) is 17.5. The number of amides is 1. The molecule has 4 nitrogen and oxygen atoms in total. The number of hydrogen-bond donors (Lipinski definition) is 2. The maximum absolute atomic E-state index is 12.0. The first-order valence-corrected chi connectivity index (χ1v) is 8.11. The first-order valence-electron chi connectivity index (χ1n) is 7.73. The van der Waals surface area contributed by atoms with Crippen LogP contribution in [0.1, 0.15) is 16.7 Å². The van der Waals surface area contributed by atoms with Crippen LogP contribution in [0.15, 0.2) is 48.5 Å². The van der Waals surface area contributed by atoms with Gasteiger partial charge in [-0.05, 0) is 36.6 Å². The summed E-state index contributed by atoms with van der Waals surface area (Å²) in [5.74, 6) is -1.79. The Morgan fingerprint density at radius 2 is 1.83 bits per heavy atom. The van der Waals surface area contributed by atoms with Crippen molar-refractivity contribution in [2.75, 3.05) is 6.54 Å². The summed E-state index contributed by atoms with van der Waals surface area (Å²) in [4.78, 5) is 23.4. The zero-order valence-corrected chi connectivity index (χ0v) is 14.2. The van der Waals surface area contributed by atoms with E-state index >= 15 is 0 Å². The predicted molar refractivity (Wildman–Crippen MR) is 94.2 cm³/mol. The molecule has 2 aromatic rings. The molecule has 0 aliphatic rings. The third kappa shape index (κ3) is 5.70. The molecule has 0 heterocycles. The third-order valence-corrected chi connectivity index (χ3v) is 3.95. The predicted octanol–water partition coefficient (Wildman–Crippen LogP) is 3.25. The lowest BCUT2D eigenvalue weighted by atomic mass is 9.98. The Kier molecular flexibility index (Phi) is 6.38. The van der Waals surface area contributed by atoms with Gasteiger partial charge in [0.1, 0.15) is 0 Å². The van der Waals surface area contributed by atoms with E-state index in [4.69, 9.17) is 11.6 Å². The van der Waals surface area contributed by atoms with Gasteiger partial charge < -0.3 is 10.4 Å². The summed E-state index contributed by atoms with van der Waals surface area (Å²) >= 11 is 5.89. The Morgan fingerprint density at radius 1 is 1.12 bits per heavy atom. The molecule has 24 heavy (non-hydrogen) atoms. The Bertz CT molecular complexity index is 730. The highest BCUT2D eigenvalue weighted by molar-refractivity contribution is 6.30. The van der Waals surface area contributed by atoms with Gasteiger partial charge in [-0.25, -0.2) is 0 Å². The molecular weight excluding hydrogens is 326 g/mol. The average Bonchev–Trinajstić information content (AvgIpc) is 2.51. The Morgan fingerprint density at radius 3 is 2.50 bits per heavy atom. The van der Waals surface area contributed by atoms with Crippen molar-refractivity contribution < 1.29 is 14.7 Å². The van der Waals surface area contributed by atoms with Gasteiger partial charge in [-0.15, -0.1) is 0 Å². The first-order chi connectivity index (χ1) is 11.4. The third-order valence-electron chi connectivity index (χ3n) is 3.71. The van der Waals surface area contributed by atoms with Crippen molar-refractivity contribution >= 4 is 23.5 Å². The summed E-state index contributed by atoms with van der Waals surface area (Å²) < 4.78 is 0. The zero-order valence-electron chi connectivity index (χ0n) is 13.5. The molecule has 1 atom stereocenters. The molecular formula is C19H20ClNO3. The number of rotatable bonds is 7. The van der Waals surface area contributed by atoms with E-state index in [9.17, 15) is 14.7 Å². The first kappa shape index (κ1) is 18.0. The topological polar surface area (TPSA) is 66.4 Å². The summed E-state index contributed by atoms with van der Waals surface area (Å²) in [6.45, 7) is 2.06. The van der Waals surface area contributed by atoms with Crippen molar-refractivity contribution in [3.8, 4) is 0 Å². The molecule has 0 bridgehead atoms. The number of halogens is 1. The Hall–Kier alpha value is -2.33. The van der Waals surface area contributed by atoms with Gasteiger partial charge in [0.25, 0.3) is 0 Å². The number of carbonyl (C=O) groups excluding carboxylic acids is 1. The average molecular weight is 346 g/mol. The van der Waals surface area contributed by atoms with E-state index in [2.05, 4.69) is 5.32 Å². The minimum atomic E-state index is -0.917. The number of aliphatic carboxylic acids is 1. The molecule has 0 radical (unpaired) electrons. The van der Waals surface area contributed by atoms with Crippen LogP contribution in [0.4, 0.5) is 0 Å². The van der Waals surface area contributed by atoms with Crippen LogP contribution in [0.5, 0.6) is 0 Å². The molecule has 5 heteroatoms. The number of benzene rings is 2. The summed E-state index contributed by atoms with van der Waals surface area (Å²) in [5.41, 5.74) is 2.83. The molecule has 126 valence electrons. The maximum Gasteiger partial charge on any atom is 0.308 e. The van der Waals surface area contributed by atoms with Crippen LogP contribution in [-0.4, -0.2) is 23.5 Å². The lowest BCUT2D eigenvalue weighted by Crippen LogP contribution is -2.34. The second-order valence-electron chi connectivity index (χ2n) is 5.84. The Labute approximate surface area is 146 Å². The Balaban J connectivity index is 1.91. The van der Waals surface area contributed by atoms with E-state index in [1.165, 1.54) is 0 Å². The fraction of sp³-hybridized carbons (Fsp3) is 0.263. The molecule has 2 N–H and O–H groups in total. The lowest BCUT2D eigenvalue weighted by molar-refractivity contribution is -0.141. The van der Waals surface area contributed by atoms with Gasteiger partial charge in [-0.1, -0.05) is 53.6 Å². The summed E-state index contributed by atoms with van der Waals surface area (Å²) in [6.07, 6.45) is 0.561. The summed E-state index contributed by atoms with van der Waals surface area (Å²) in [7, 11) is 0. The van der Waals surface area contributed by atoms with Crippen molar-refractivity contribution in [2.45, 2.75) is 19.8 Å². The van der Waals surface area contributed by atoms with Gasteiger partial charge in [-0.2, -0.15) is 0 Å². The van der Waals surface area contributed by atoms with Crippen LogP contribution < -0.4 is 5.32 Å². The number of hydrogen-bond acceptors (Lipinski definition) is 2. The van der Waals surface area contributed by atoms with Crippen LogP contribution in [0.2, 0.25) is 5.02 Å². The minimum Gasteiger partial charge on any atom is -0.481 e. The molecule has 2 aromatic carbocycles. The van der Waals surface area contributed by atoms with Gasteiger partial charge in [0.2, 0.25) is 5.91 Å². The van der Waals surface area contributed by atoms with Crippen molar-refractivity contribution in [3.63, 3.8) is 0 Å². The smallest absolute Gasteiger partial charge is 0.308 e. The number of carboxylic acid groups (broad SMARTS) is 1. The van der Waals surface area contributed by atoms with Crippen LogP contribution >= 0.6 is 11.6 Å². The molecule has 0 aliphatic carbocycles. The van der Waals surface area contributed by atoms with Crippen LogP contribution in [-0.2, 0) is 22.4 Å². The highest BCUT2D eigenvalue weighted by Gasteiger charge is 2.19. The van der Waals surface area contributed by atoms with E-state index in [0.717, 1.165) is 16.7 Å². The molecule has 2 rings (SSSR count). The largest absolute Gasteiger partial charge is 0.481 e. The monoisotopic (exact) mass is 345 g/mol. The fourth-order valence-corrected chi connectivity index (χ4v) is 2.72. The second kappa shape index (κ2) is 8.50. The molecule has 0 aliphatic heterocycles.